The summed E-state index contributed by atoms with van der Waals surface area (Å²) in [4.78, 5) is 34.4. The molecule has 6 nitrogen and oxygen atoms in total. The molecular weight excluding hydrogens is 336 g/mol. The number of hydrogen-bond donors (Lipinski definition) is 2. The summed E-state index contributed by atoms with van der Waals surface area (Å²) in [5.41, 5.74) is 2.23. The van der Waals surface area contributed by atoms with Crippen LogP contribution in [-0.4, -0.2) is 44.4 Å². The molecule has 0 unspecified atom stereocenters. The number of H-pyrrole nitrogens is 1. The van der Waals surface area contributed by atoms with Crippen LogP contribution in [0.2, 0.25) is 0 Å². The Hall–Kier alpha value is -2.80. The molecule has 1 aliphatic heterocycles. The van der Waals surface area contributed by atoms with E-state index < -0.39 is 6.04 Å². The molecule has 0 radical (unpaired) electrons. The fraction of sp³-hybridized carbons (Fsp3) is 0.167. The third-order valence-corrected chi connectivity index (χ3v) is 5.11. The summed E-state index contributed by atoms with van der Waals surface area (Å²) in [5.74, 6) is 1.12. The molecule has 4 rings (SSSR count). The van der Waals surface area contributed by atoms with Crippen LogP contribution in [-0.2, 0) is 4.79 Å². The average Bonchev–Trinajstić information content (AvgIpc) is 3.28. The van der Waals surface area contributed by atoms with E-state index in [1.807, 2.05) is 42.5 Å². The van der Waals surface area contributed by atoms with Gasteiger partial charge < -0.3 is 9.88 Å². The predicted octanol–water partition coefficient (Wildman–Crippen LogP) is 2.72. The van der Waals surface area contributed by atoms with Crippen molar-refractivity contribution in [1.29, 1.82) is 0 Å². The third-order valence-electron chi connectivity index (χ3n) is 4.10. The van der Waals surface area contributed by atoms with Crippen molar-refractivity contribution in [3.8, 4) is 0 Å². The summed E-state index contributed by atoms with van der Waals surface area (Å²) >= 11 is 1.57. The van der Waals surface area contributed by atoms with E-state index in [9.17, 15) is 9.59 Å². The molecule has 0 bridgehead atoms. The second-order valence-electron chi connectivity index (χ2n) is 5.75. The Bertz CT molecular complexity index is 892. The number of nitrogens with one attached hydrogen (secondary N) is 2. The van der Waals surface area contributed by atoms with Crippen LogP contribution in [0.15, 0.2) is 54.6 Å². The van der Waals surface area contributed by atoms with Gasteiger partial charge in [-0.25, -0.2) is 4.98 Å². The number of para-hydroxylation sites is 2. The van der Waals surface area contributed by atoms with Gasteiger partial charge in [-0.2, -0.15) is 0 Å². The van der Waals surface area contributed by atoms with Crippen LogP contribution in [0.5, 0.6) is 0 Å². The molecule has 126 valence electrons. The Labute approximate surface area is 148 Å². The first-order chi connectivity index (χ1) is 12.2. The first-order valence-corrected chi connectivity index (χ1v) is 9.07. The molecule has 0 saturated carbocycles. The Morgan fingerprint density at radius 3 is 2.68 bits per heavy atom. The minimum absolute atomic E-state index is 0.129. The van der Waals surface area contributed by atoms with Crippen molar-refractivity contribution in [1.82, 2.24) is 14.9 Å². The zero-order valence-electron chi connectivity index (χ0n) is 13.3. The fourth-order valence-corrected chi connectivity index (χ4v) is 3.97. The lowest BCUT2D eigenvalue weighted by Gasteiger charge is -2.22. The number of amides is 2. The number of nitrogens with zero attached hydrogens (tertiary/aromatic N) is 2. The number of aromatic amines is 1. The molecule has 2 amide bonds. The molecule has 3 aromatic rings. The lowest BCUT2D eigenvalue weighted by Crippen LogP contribution is -2.44. The molecule has 0 aliphatic carbocycles. The molecule has 1 fully saturated rings. The molecule has 2 aromatic carbocycles. The topological polar surface area (TPSA) is 78.1 Å². The molecule has 1 aliphatic rings. The normalized spacial score (nSPS) is 17.0. The van der Waals surface area contributed by atoms with Gasteiger partial charge >= 0.3 is 0 Å². The average molecular weight is 352 g/mol. The monoisotopic (exact) mass is 352 g/mol. The van der Waals surface area contributed by atoms with Gasteiger partial charge in [0.25, 0.3) is 5.91 Å². The summed E-state index contributed by atoms with van der Waals surface area (Å²) in [5, 5.41) is 2.80. The number of thioether (sulfide) groups is 1. The minimum Gasteiger partial charge on any atom is -0.324 e. The SMILES string of the molecule is O=C(Nc1nc2ccccc2[nH]1)[C@@H]1CSCN1C(=O)c1ccccc1. The summed E-state index contributed by atoms with van der Waals surface area (Å²) in [6.07, 6.45) is 0. The van der Waals surface area contributed by atoms with Crippen molar-refractivity contribution < 1.29 is 9.59 Å². The number of benzene rings is 2. The van der Waals surface area contributed by atoms with Gasteiger partial charge in [-0.1, -0.05) is 30.3 Å². The highest BCUT2D eigenvalue weighted by atomic mass is 32.2. The van der Waals surface area contributed by atoms with Gasteiger partial charge in [-0.15, -0.1) is 11.8 Å². The van der Waals surface area contributed by atoms with E-state index in [0.717, 1.165) is 11.0 Å². The predicted molar refractivity (Wildman–Crippen MR) is 98.4 cm³/mol. The zero-order chi connectivity index (χ0) is 17.2. The second kappa shape index (κ2) is 6.60. The van der Waals surface area contributed by atoms with Crippen molar-refractivity contribution >= 4 is 40.6 Å². The van der Waals surface area contributed by atoms with Crippen molar-refractivity contribution in [2.45, 2.75) is 6.04 Å². The van der Waals surface area contributed by atoms with Gasteiger partial charge in [0.1, 0.15) is 6.04 Å². The number of hydrogen-bond acceptors (Lipinski definition) is 4. The summed E-state index contributed by atoms with van der Waals surface area (Å²) in [6.45, 7) is 0. The van der Waals surface area contributed by atoms with Crippen molar-refractivity contribution in [2.24, 2.45) is 0 Å². The maximum atomic E-state index is 12.7. The quantitative estimate of drug-likeness (QED) is 0.760. The van der Waals surface area contributed by atoms with Gasteiger partial charge in [-0.05, 0) is 24.3 Å². The highest BCUT2D eigenvalue weighted by Gasteiger charge is 2.35. The van der Waals surface area contributed by atoms with Crippen molar-refractivity contribution in [3.05, 3.63) is 60.2 Å². The second-order valence-corrected chi connectivity index (χ2v) is 6.75. The minimum atomic E-state index is -0.508. The Morgan fingerprint density at radius 2 is 1.88 bits per heavy atom. The van der Waals surface area contributed by atoms with E-state index in [0.29, 0.717) is 23.1 Å². The molecule has 1 saturated heterocycles. The van der Waals surface area contributed by atoms with Crippen LogP contribution in [0, 0.1) is 0 Å². The van der Waals surface area contributed by atoms with E-state index in [2.05, 4.69) is 15.3 Å². The zero-order valence-corrected chi connectivity index (χ0v) is 14.1. The number of carbonyl (C=O) groups excluding carboxylic acids is 2. The molecule has 2 heterocycles. The molecule has 7 heteroatoms. The van der Waals surface area contributed by atoms with Gasteiger partial charge in [0.15, 0.2) is 0 Å². The van der Waals surface area contributed by atoms with E-state index in [4.69, 9.17) is 0 Å². The summed E-state index contributed by atoms with van der Waals surface area (Å²) in [6, 6.07) is 16.1. The lowest BCUT2D eigenvalue weighted by atomic mass is 10.1. The van der Waals surface area contributed by atoms with Gasteiger partial charge in [-0.3, -0.25) is 14.9 Å². The van der Waals surface area contributed by atoms with Crippen molar-refractivity contribution in [2.75, 3.05) is 16.9 Å². The standard InChI is InChI=1S/C18H16N4O2S/c23-16(21-18-19-13-8-4-5-9-14(13)20-18)15-10-25-11-22(15)17(24)12-6-2-1-3-7-12/h1-9,15H,10-11H2,(H2,19,20,21,23)/t15-/m0/s1. The van der Waals surface area contributed by atoms with Gasteiger partial charge in [0, 0.05) is 11.3 Å². The van der Waals surface area contributed by atoms with E-state index in [-0.39, 0.29) is 11.8 Å². The van der Waals surface area contributed by atoms with Crippen molar-refractivity contribution in [3.63, 3.8) is 0 Å². The van der Waals surface area contributed by atoms with E-state index >= 15 is 0 Å². The van der Waals surface area contributed by atoms with Crippen LogP contribution < -0.4 is 5.32 Å². The molecule has 1 aromatic heterocycles. The number of imidazole rings is 1. The Kier molecular flexibility index (Phi) is 4.15. The van der Waals surface area contributed by atoms with Crippen LogP contribution >= 0.6 is 11.8 Å². The third kappa shape index (κ3) is 3.10. The number of fused-ring (bicyclic) bond motifs is 1. The number of aromatic nitrogens is 2. The molecule has 2 N–H and O–H groups in total. The first-order valence-electron chi connectivity index (χ1n) is 7.92. The van der Waals surface area contributed by atoms with Gasteiger partial charge in [0.05, 0.1) is 16.9 Å². The van der Waals surface area contributed by atoms with E-state index in [1.165, 1.54) is 0 Å². The largest absolute Gasteiger partial charge is 0.324 e. The highest BCUT2D eigenvalue weighted by Crippen LogP contribution is 2.24. The Balaban J connectivity index is 1.51. The maximum absolute atomic E-state index is 12.7. The Morgan fingerprint density at radius 1 is 1.12 bits per heavy atom. The molecular formula is C18H16N4O2S. The molecule has 25 heavy (non-hydrogen) atoms. The lowest BCUT2D eigenvalue weighted by molar-refractivity contribution is -0.119. The fourth-order valence-electron chi connectivity index (χ4n) is 2.82. The molecule has 0 spiro atoms. The smallest absolute Gasteiger partial charge is 0.255 e. The maximum Gasteiger partial charge on any atom is 0.255 e. The van der Waals surface area contributed by atoms with E-state index in [1.54, 1.807) is 28.8 Å². The van der Waals surface area contributed by atoms with Crippen LogP contribution in [0.3, 0.4) is 0 Å². The number of carbonyl (C=O) groups is 2. The van der Waals surface area contributed by atoms with Gasteiger partial charge in [0.2, 0.25) is 11.9 Å². The number of anilines is 1. The summed E-state index contributed by atoms with van der Waals surface area (Å²) < 4.78 is 0. The number of rotatable bonds is 3. The van der Waals surface area contributed by atoms with Crippen LogP contribution in [0.25, 0.3) is 11.0 Å². The summed E-state index contributed by atoms with van der Waals surface area (Å²) in [7, 11) is 0. The highest BCUT2D eigenvalue weighted by molar-refractivity contribution is 7.99. The van der Waals surface area contributed by atoms with Crippen LogP contribution in [0.4, 0.5) is 5.95 Å². The first kappa shape index (κ1) is 15.7. The molecule has 1 atom stereocenters. The van der Waals surface area contributed by atoms with Crippen LogP contribution in [0.1, 0.15) is 10.4 Å².